The van der Waals surface area contributed by atoms with Crippen LogP contribution in [-0.2, 0) is 11.0 Å². The van der Waals surface area contributed by atoms with E-state index in [9.17, 15) is 18.0 Å². The van der Waals surface area contributed by atoms with Gasteiger partial charge in [0.05, 0.1) is 40.8 Å². The van der Waals surface area contributed by atoms with Gasteiger partial charge in [0.25, 0.3) is 0 Å². The lowest BCUT2D eigenvalue weighted by Crippen LogP contribution is -2.29. The predicted molar refractivity (Wildman–Crippen MR) is 151 cm³/mol. The second-order valence-corrected chi connectivity index (χ2v) is 10.2. The van der Waals surface area contributed by atoms with Crippen LogP contribution in [-0.4, -0.2) is 72.2 Å². The normalized spacial score (nSPS) is 13.5. The Hall–Kier alpha value is -4.39. The van der Waals surface area contributed by atoms with Crippen molar-refractivity contribution in [3.8, 4) is 11.6 Å². The van der Waals surface area contributed by atoms with Gasteiger partial charge in [-0.05, 0) is 57.3 Å². The maximum atomic E-state index is 13.5. The number of alkyl halides is 3. The molecule has 216 valence electrons. The lowest BCUT2D eigenvalue weighted by Gasteiger charge is -2.25. The van der Waals surface area contributed by atoms with Gasteiger partial charge in [-0.15, -0.1) is 0 Å². The predicted octanol–water partition coefficient (Wildman–Crippen LogP) is 5.03. The van der Waals surface area contributed by atoms with Crippen LogP contribution in [0.15, 0.2) is 42.6 Å². The van der Waals surface area contributed by atoms with E-state index in [1.54, 1.807) is 22.8 Å². The Morgan fingerprint density at radius 3 is 2.51 bits per heavy atom. The quantitative estimate of drug-likeness (QED) is 0.243. The highest BCUT2D eigenvalue weighted by Gasteiger charge is 2.34. The number of carbonyl (C=O) groups excluding carboxylic acids is 1. The number of fused-ring (bicyclic) bond motifs is 1. The minimum atomic E-state index is -4.49. The molecule has 0 saturated heterocycles. The third kappa shape index (κ3) is 6.04. The summed E-state index contributed by atoms with van der Waals surface area (Å²) in [6.45, 7) is 1.51. The van der Waals surface area contributed by atoms with E-state index >= 15 is 0 Å². The zero-order valence-electron chi connectivity index (χ0n) is 23.2. The average Bonchev–Trinajstić information content (AvgIpc) is 3.71. The molecule has 0 spiro atoms. The Morgan fingerprint density at radius 2 is 1.85 bits per heavy atom. The summed E-state index contributed by atoms with van der Waals surface area (Å²) in [7, 11) is 7.42. The summed E-state index contributed by atoms with van der Waals surface area (Å²) in [4.78, 5) is 29.1. The summed E-state index contributed by atoms with van der Waals surface area (Å²) in [5, 5.41) is 5.89. The lowest BCUT2D eigenvalue weighted by atomic mass is 10.2. The second kappa shape index (κ2) is 11.2. The molecule has 1 aliphatic carbocycles. The first-order valence-electron chi connectivity index (χ1n) is 13.1. The van der Waals surface area contributed by atoms with E-state index in [4.69, 9.17) is 4.74 Å². The van der Waals surface area contributed by atoms with Gasteiger partial charge in [0.1, 0.15) is 17.4 Å². The van der Waals surface area contributed by atoms with E-state index < -0.39 is 11.7 Å². The van der Waals surface area contributed by atoms with Gasteiger partial charge < -0.3 is 25.2 Å². The van der Waals surface area contributed by atoms with Crippen LogP contribution in [0.2, 0.25) is 0 Å². The Balaban J connectivity index is 1.53. The first-order chi connectivity index (χ1) is 19.6. The molecule has 0 bridgehead atoms. The molecular formula is C28H31F3N8O2. The number of methoxy groups -OCH3 is 1. The SMILES string of the molecule is COc1cc(N(C)CCN(C)C)c(NC=O)cc1Nc1nccc(-n2c(C3CC3)nc3ccc(C(F)(F)F)cc32)n1. The fraction of sp³-hybridized carbons (Fsp3) is 0.357. The van der Waals surface area contributed by atoms with Gasteiger partial charge in [0, 0.05) is 38.3 Å². The molecule has 5 rings (SSSR count). The first-order valence-corrected chi connectivity index (χ1v) is 13.1. The van der Waals surface area contributed by atoms with Gasteiger partial charge in [-0.3, -0.25) is 9.36 Å². The van der Waals surface area contributed by atoms with Gasteiger partial charge >= 0.3 is 6.18 Å². The second-order valence-electron chi connectivity index (χ2n) is 10.2. The maximum Gasteiger partial charge on any atom is 0.416 e. The van der Waals surface area contributed by atoms with Crippen molar-refractivity contribution < 1.29 is 22.7 Å². The summed E-state index contributed by atoms with van der Waals surface area (Å²) in [6.07, 6.45) is -0.542. The highest BCUT2D eigenvalue weighted by Crippen LogP contribution is 2.43. The first kappa shape index (κ1) is 28.1. The molecule has 0 radical (unpaired) electrons. The standard InChI is InChI=1S/C28H31F3N8O2/c1-37(2)11-12-38(3)22-15-24(41-4)21(14-20(22)33-16-40)35-27-32-10-9-25(36-27)39-23-13-18(28(29,30)31)7-8-19(23)34-26(39)17-5-6-17/h7-10,13-17H,5-6,11-12H2,1-4H3,(H,33,40)(H,32,35,36). The molecule has 0 atom stereocenters. The molecule has 10 nitrogen and oxygen atoms in total. The zero-order chi connectivity index (χ0) is 29.3. The fourth-order valence-electron chi connectivity index (χ4n) is 4.58. The van der Waals surface area contributed by atoms with Gasteiger partial charge in [0.2, 0.25) is 12.4 Å². The van der Waals surface area contributed by atoms with E-state index in [1.165, 1.54) is 19.4 Å². The van der Waals surface area contributed by atoms with E-state index in [0.717, 1.165) is 37.2 Å². The van der Waals surface area contributed by atoms with Crippen LogP contribution in [0.1, 0.15) is 30.1 Å². The largest absolute Gasteiger partial charge is 0.494 e. The number of nitrogens with one attached hydrogen (secondary N) is 2. The Bertz CT molecular complexity index is 1570. The van der Waals surface area contributed by atoms with Gasteiger partial charge in [0.15, 0.2) is 0 Å². The Labute approximate surface area is 235 Å². The topological polar surface area (TPSA) is 100 Å². The van der Waals surface area contributed by atoms with Crippen LogP contribution in [0, 0.1) is 0 Å². The van der Waals surface area contributed by atoms with Crippen molar-refractivity contribution in [3.63, 3.8) is 0 Å². The summed E-state index contributed by atoms with van der Waals surface area (Å²) in [5.41, 5.74) is 1.85. The summed E-state index contributed by atoms with van der Waals surface area (Å²) in [6, 6.07) is 8.71. The van der Waals surface area contributed by atoms with Crippen molar-refractivity contribution in [1.82, 2.24) is 24.4 Å². The van der Waals surface area contributed by atoms with Crippen molar-refractivity contribution >= 4 is 40.5 Å². The molecule has 1 aliphatic rings. The van der Waals surface area contributed by atoms with Crippen LogP contribution in [0.25, 0.3) is 16.9 Å². The molecule has 0 unspecified atom stereocenters. The number of rotatable bonds is 11. The molecule has 2 heterocycles. The third-order valence-corrected chi connectivity index (χ3v) is 6.89. The number of likely N-dealkylation sites (N-methyl/N-ethyl adjacent to an activating group) is 2. The van der Waals surface area contributed by atoms with E-state index in [-0.39, 0.29) is 11.9 Å². The molecule has 2 aromatic carbocycles. The fourth-order valence-corrected chi connectivity index (χ4v) is 4.58. The van der Waals surface area contributed by atoms with Crippen LogP contribution < -0.4 is 20.3 Å². The van der Waals surface area contributed by atoms with Crippen molar-refractivity contribution in [3.05, 3.63) is 54.0 Å². The van der Waals surface area contributed by atoms with Gasteiger partial charge in [-0.25, -0.2) is 9.97 Å². The minimum absolute atomic E-state index is 0.150. The molecule has 13 heteroatoms. The van der Waals surface area contributed by atoms with Crippen LogP contribution in [0.4, 0.5) is 36.2 Å². The summed E-state index contributed by atoms with van der Waals surface area (Å²) < 4.78 is 47.9. The molecule has 2 N–H and O–H groups in total. The molecule has 4 aromatic rings. The number of halogens is 3. The molecular weight excluding hydrogens is 537 g/mol. The van der Waals surface area contributed by atoms with Crippen molar-refractivity contribution in [2.24, 2.45) is 0 Å². The number of nitrogens with zero attached hydrogens (tertiary/aromatic N) is 6. The number of hydrogen-bond donors (Lipinski definition) is 2. The Morgan fingerprint density at radius 1 is 1.07 bits per heavy atom. The Kier molecular flexibility index (Phi) is 7.72. The van der Waals surface area contributed by atoms with Gasteiger partial charge in [-0.2, -0.15) is 18.2 Å². The number of ether oxygens (including phenoxy) is 1. The minimum Gasteiger partial charge on any atom is -0.494 e. The lowest BCUT2D eigenvalue weighted by molar-refractivity contribution is -0.137. The van der Waals surface area contributed by atoms with E-state index in [2.05, 4.69) is 30.5 Å². The summed E-state index contributed by atoms with van der Waals surface area (Å²) in [5.74, 6) is 1.89. The third-order valence-electron chi connectivity index (χ3n) is 6.89. The zero-order valence-corrected chi connectivity index (χ0v) is 23.2. The van der Waals surface area contributed by atoms with E-state index in [0.29, 0.717) is 52.8 Å². The average molecular weight is 569 g/mol. The monoisotopic (exact) mass is 568 g/mol. The summed E-state index contributed by atoms with van der Waals surface area (Å²) >= 11 is 0. The number of anilines is 4. The number of imidazole rings is 1. The number of amides is 1. The molecule has 41 heavy (non-hydrogen) atoms. The van der Waals surface area contributed by atoms with Crippen LogP contribution in [0.5, 0.6) is 5.75 Å². The smallest absolute Gasteiger partial charge is 0.416 e. The van der Waals surface area contributed by atoms with E-state index in [1.807, 2.05) is 26.0 Å². The van der Waals surface area contributed by atoms with Crippen molar-refractivity contribution in [1.29, 1.82) is 0 Å². The molecule has 2 aromatic heterocycles. The number of benzene rings is 2. The van der Waals surface area contributed by atoms with Crippen LogP contribution in [0.3, 0.4) is 0 Å². The van der Waals surface area contributed by atoms with Gasteiger partial charge in [-0.1, -0.05) is 0 Å². The van der Waals surface area contributed by atoms with Crippen molar-refractivity contribution in [2.45, 2.75) is 24.9 Å². The number of aromatic nitrogens is 4. The number of carbonyl (C=O) groups is 1. The van der Waals surface area contributed by atoms with Crippen LogP contribution >= 0.6 is 0 Å². The highest BCUT2D eigenvalue weighted by atomic mass is 19.4. The molecule has 1 fully saturated rings. The van der Waals surface area contributed by atoms with Crippen molar-refractivity contribution in [2.75, 3.05) is 56.9 Å². The molecule has 1 amide bonds. The highest BCUT2D eigenvalue weighted by molar-refractivity contribution is 5.87. The molecule has 0 aliphatic heterocycles. The molecule has 1 saturated carbocycles. The number of hydrogen-bond acceptors (Lipinski definition) is 8. The maximum absolute atomic E-state index is 13.5.